The summed E-state index contributed by atoms with van der Waals surface area (Å²) in [4.78, 5) is 13.7. The summed E-state index contributed by atoms with van der Waals surface area (Å²) in [5.41, 5.74) is 0. The van der Waals surface area contributed by atoms with Gasteiger partial charge in [-0.1, -0.05) is 21.8 Å². The molecule has 0 saturated heterocycles. The van der Waals surface area contributed by atoms with E-state index in [2.05, 4.69) is 25.9 Å². The highest BCUT2D eigenvalue weighted by atomic mass is 16.2. The molecular formula is C10H28N2O. The highest BCUT2D eigenvalue weighted by Gasteiger charge is 1.87. The van der Waals surface area contributed by atoms with Gasteiger partial charge >= 0.3 is 0 Å². The zero-order valence-corrected chi connectivity index (χ0v) is 8.51. The minimum absolute atomic E-state index is 0. The lowest BCUT2D eigenvalue weighted by Crippen LogP contribution is -2.17. The van der Waals surface area contributed by atoms with E-state index in [0.717, 1.165) is 6.54 Å². The Labute approximate surface area is 84.7 Å². The van der Waals surface area contributed by atoms with Gasteiger partial charge in [0.05, 0.1) is 0 Å². The topological polar surface area (TPSA) is 23.6 Å². The number of carbonyl (C=O) groups excluding carboxylic acids is 1. The summed E-state index contributed by atoms with van der Waals surface area (Å²) >= 11 is 0. The molecule has 1 amide bonds. The third kappa shape index (κ3) is 34.5. The monoisotopic (exact) mass is 192 g/mol. The number of rotatable bonds is 1. The van der Waals surface area contributed by atoms with Crippen LogP contribution in [-0.2, 0) is 4.79 Å². The van der Waals surface area contributed by atoms with Crippen molar-refractivity contribution in [3.05, 3.63) is 0 Å². The van der Waals surface area contributed by atoms with Crippen LogP contribution in [0.2, 0.25) is 0 Å². The van der Waals surface area contributed by atoms with Crippen molar-refractivity contribution in [2.75, 3.05) is 34.7 Å². The largest absolute Gasteiger partial charge is 0.349 e. The van der Waals surface area contributed by atoms with Gasteiger partial charge in [0, 0.05) is 21.0 Å². The first-order valence-electron chi connectivity index (χ1n) is 3.74. The van der Waals surface area contributed by atoms with Gasteiger partial charge in [-0.3, -0.25) is 4.79 Å². The molecule has 3 heteroatoms. The van der Waals surface area contributed by atoms with Gasteiger partial charge in [0.15, 0.2) is 0 Å². The summed E-state index contributed by atoms with van der Waals surface area (Å²) in [6.45, 7) is 4.79. The summed E-state index contributed by atoms with van der Waals surface area (Å²) < 4.78 is 0. The zero-order valence-electron chi connectivity index (χ0n) is 8.51. The summed E-state index contributed by atoms with van der Waals surface area (Å²) in [5.74, 6) is 0.0926. The fraction of sp³-hybridized carbons (Fsp3) is 0.900. The van der Waals surface area contributed by atoms with E-state index in [9.17, 15) is 4.79 Å². The molecule has 0 radical (unpaired) electrons. The molecule has 13 heavy (non-hydrogen) atoms. The number of carbonyl (C=O) groups is 1. The highest BCUT2D eigenvalue weighted by Crippen LogP contribution is 1.69. The fourth-order valence-electron chi connectivity index (χ4n) is 0. The first-order chi connectivity index (χ1) is 4.91. The van der Waals surface area contributed by atoms with Crippen LogP contribution in [0.5, 0.6) is 0 Å². The molecule has 0 heterocycles. The second-order valence-electron chi connectivity index (χ2n) is 2.81. The first kappa shape index (κ1) is 22.9. The van der Waals surface area contributed by atoms with Crippen LogP contribution in [-0.4, -0.2) is 50.4 Å². The molecule has 84 valence electrons. The Balaban J connectivity index is -0.0000000546. The predicted octanol–water partition coefficient (Wildman–Crippen LogP) is 1.93. The highest BCUT2D eigenvalue weighted by molar-refractivity contribution is 5.72. The lowest BCUT2D eigenvalue weighted by molar-refractivity contribution is -0.126. The van der Waals surface area contributed by atoms with Gasteiger partial charge in [0.1, 0.15) is 0 Å². The fourth-order valence-corrected chi connectivity index (χ4v) is 0. The third-order valence-electron chi connectivity index (χ3n) is 1.26. The normalized spacial score (nSPS) is 7.31. The molecule has 0 N–H and O–H groups in total. The minimum Gasteiger partial charge on any atom is -0.349 e. The first-order valence-corrected chi connectivity index (χ1v) is 3.74. The molecule has 0 aromatic rings. The maximum atomic E-state index is 10.1. The maximum absolute atomic E-state index is 10.1. The van der Waals surface area contributed by atoms with E-state index in [-0.39, 0.29) is 20.8 Å². The molecule has 0 atom stereocenters. The Morgan fingerprint density at radius 2 is 1.23 bits per heavy atom. The van der Waals surface area contributed by atoms with E-state index in [0.29, 0.717) is 0 Å². The average molecular weight is 192 g/mol. The molecule has 0 aliphatic carbocycles. The summed E-state index contributed by atoms with van der Waals surface area (Å²) in [6.07, 6.45) is 0. The van der Waals surface area contributed by atoms with Crippen molar-refractivity contribution < 1.29 is 4.79 Å². The lowest BCUT2D eigenvalue weighted by Gasteiger charge is -2.02. The van der Waals surface area contributed by atoms with Gasteiger partial charge in [-0.05, 0) is 20.6 Å². The standard InChI is InChI=1S/C4H9NO.C4H11N.2CH4/c1-4(6)5(2)3;1-4-5(2)3;;/h1-3H3;4H2,1-3H3;2*1H4. The Morgan fingerprint density at radius 1 is 1.08 bits per heavy atom. The van der Waals surface area contributed by atoms with Crippen LogP contribution in [0.15, 0.2) is 0 Å². The van der Waals surface area contributed by atoms with Crippen LogP contribution in [0.1, 0.15) is 28.7 Å². The molecule has 0 aromatic carbocycles. The Hall–Kier alpha value is -0.570. The molecule has 0 spiro atoms. The van der Waals surface area contributed by atoms with Crippen molar-refractivity contribution in [1.82, 2.24) is 9.80 Å². The smallest absolute Gasteiger partial charge is 0.218 e. The van der Waals surface area contributed by atoms with Crippen LogP contribution in [0.3, 0.4) is 0 Å². The molecule has 0 saturated carbocycles. The molecule has 0 unspecified atom stereocenters. The van der Waals surface area contributed by atoms with E-state index >= 15 is 0 Å². The maximum Gasteiger partial charge on any atom is 0.218 e. The SMILES string of the molecule is C.C.CC(=O)N(C)C.CCN(C)C. The summed E-state index contributed by atoms with van der Waals surface area (Å²) in [5, 5.41) is 0. The summed E-state index contributed by atoms with van der Waals surface area (Å²) in [6, 6.07) is 0. The van der Waals surface area contributed by atoms with Gasteiger partial charge < -0.3 is 9.80 Å². The van der Waals surface area contributed by atoms with Crippen molar-refractivity contribution in [2.45, 2.75) is 28.7 Å². The average Bonchev–Trinajstić information content (AvgIpc) is 1.89. The van der Waals surface area contributed by atoms with Crippen molar-refractivity contribution in [3.63, 3.8) is 0 Å². The Kier molecular flexibility index (Phi) is 24.6. The zero-order chi connectivity index (χ0) is 9.44. The van der Waals surface area contributed by atoms with Gasteiger partial charge in [0.2, 0.25) is 5.91 Å². The van der Waals surface area contributed by atoms with E-state index in [1.807, 2.05) is 0 Å². The second kappa shape index (κ2) is 14.0. The van der Waals surface area contributed by atoms with Crippen LogP contribution in [0.4, 0.5) is 0 Å². The third-order valence-corrected chi connectivity index (χ3v) is 1.26. The van der Waals surface area contributed by atoms with Gasteiger partial charge in [-0.15, -0.1) is 0 Å². The molecule has 0 fully saturated rings. The van der Waals surface area contributed by atoms with Crippen molar-refractivity contribution >= 4 is 5.91 Å². The molecule has 0 bridgehead atoms. The predicted molar refractivity (Wildman–Crippen MR) is 62.1 cm³/mol. The second-order valence-corrected chi connectivity index (χ2v) is 2.81. The lowest BCUT2D eigenvalue weighted by atomic mass is 10.7. The minimum atomic E-state index is 0. The number of hydrogen-bond acceptors (Lipinski definition) is 2. The van der Waals surface area contributed by atoms with E-state index in [1.54, 1.807) is 14.1 Å². The van der Waals surface area contributed by atoms with Crippen molar-refractivity contribution in [3.8, 4) is 0 Å². The van der Waals surface area contributed by atoms with E-state index < -0.39 is 0 Å². The number of hydrogen-bond donors (Lipinski definition) is 0. The molecule has 0 rings (SSSR count). The van der Waals surface area contributed by atoms with E-state index in [4.69, 9.17) is 0 Å². The van der Waals surface area contributed by atoms with Crippen molar-refractivity contribution in [2.24, 2.45) is 0 Å². The number of amides is 1. The van der Waals surface area contributed by atoms with Gasteiger partial charge in [0.25, 0.3) is 0 Å². The molecule has 3 nitrogen and oxygen atoms in total. The molecule has 0 aromatic heterocycles. The van der Waals surface area contributed by atoms with Crippen LogP contribution in [0, 0.1) is 0 Å². The van der Waals surface area contributed by atoms with E-state index in [1.165, 1.54) is 11.8 Å². The quantitative estimate of drug-likeness (QED) is 0.634. The Morgan fingerprint density at radius 3 is 1.23 bits per heavy atom. The molecule has 0 aliphatic rings. The van der Waals surface area contributed by atoms with Gasteiger partial charge in [-0.25, -0.2) is 0 Å². The van der Waals surface area contributed by atoms with Gasteiger partial charge in [-0.2, -0.15) is 0 Å². The van der Waals surface area contributed by atoms with Crippen LogP contribution >= 0.6 is 0 Å². The molecule has 0 aliphatic heterocycles. The van der Waals surface area contributed by atoms with Crippen LogP contribution in [0.25, 0.3) is 0 Å². The molecular weight excluding hydrogens is 164 g/mol. The Bertz CT molecular complexity index is 101. The van der Waals surface area contributed by atoms with Crippen LogP contribution < -0.4 is 0 Å². The van der Waals surface area contributed by atoms with Crippen molar-refractivity contribution in [1.29, 1.82) is 0 Å². The number of nitrogens with zero attached hydrogens (tertiary/aromatic N) is 2. The summed E-state index contributed by atoms with van der Waals surface area (Å²) in [7, 11) is 7.56.